The van der Waals surface area contributed by atoms with Crippen LogP contribution in [0.15, 0.2) is 39.4 Å². The second kappa shape index (κ2) is 5.51. The van der Waals surface area contributed by atoms with E-state index >= 15 is 0 Å². The van der Waals surface area contributed by atoms with Crippen LogP contribution in [0.5, 0.6) is 0 Å². The molecule has 0 aliphatic carbocycles. The molecule has 4 rings (SSSR count). The molecule has 3 heterocycles. The molecular formula is C16H15N3O4. The summed E-state index contributed by atoms with van der Waals surface area (Å²) in [7, 11) is 0. The number of carbonyl (C=O) groups is 1. The van der Waals surface area contributed by atoms with Gasteiger partial charge in [-0.15, -0.1) is 10.2 Å². The predicted molar refractivity (Wildman–Crippen MR) is 79.8 cm³/mol. The largest absolute Gasteiger partial charge is 0.463 e. The highest BCUT2D eigenvalue weighted by Gasteiger charge is 2.30. The average Bonchev–Trinajstić information content (AvgIpc) is 3.20. The number of amides is 1. The fourth-order valence-corrected chi connectivity index (χ4v) is 2.74. The second-order valence-electron chi connectivity index (χ2n) is 5.42. The summed E-state index contributed by atoms with van der Waals surface area (Å²) in [4.78, 5) is 14.5. The third-order valence-electron chi connectivity index (χ3n) is 3.88. The third-order valence-corrected chi connectivity index (χ3v) is 3.88. The first-order chi connectivity index (χ1) is 11.2. The van der Waals surface area contributed by atoms with Crippen LogP contribution < -0.4 is 0 Å². The quantitative estimate of drug-likeness (QED) is 0.722. The summed E-state index contributed by atoms with van der Waals surface area (Å²) >= 11 is 0. The molecule has 1 amide bonds. The molecular weight excluding hydrogens is 298 g/mol. The number of carbonyl (C=O) groups excluding carboxylic acids is 1. The minimum Gasteiger partial charge on any atom is -0.463 e. The van der Waals surface area contributed by atoms with Gasteiger partial charge in [0.2, 0.25) is 11.8 Å². The van der Waals surface area contributed by atoms with E-state index in [4.69, 9.17) is 13.6 Å². The van der Waals surface area contributed by atoms with Crippen molar-refractivity contribution in [2.45, 2.75) is 13.0 Å². The standard InChI is InChI=1S/C16H15N3O4/c1-10-17-18-15(23-10)14-8-19(6-7-21-14)16(20)12-9-22-13-5-3-2-4-11(12)13/h2-5,9,14H,6-8H2,1H3/t14-/m1/s1. The Morgan fingerprint density at radius 3 is 3.00 bits per heavy atom. The Bertz CT molecular complexity index is 854. The Kier molecular flexibility index (Phi) is 3.34. The number of hydrogen-bond donors (Lipinski definition) is 0. The lowest BCUT2D eigenvalue weighted by Crippen LogP contribution is -2.42. The number of hydrogen-bond acceptors (Lipinski definition) is 6. The van der Waals surface area contributed by atoms with E-state index in [0.717, 1.165) is 5.39 Å². The van der Waals surface area contributed by atoms with Gasteiger partial charge in [-0.3, -0.25) is 4.79 Å². The minimum absolute atomic E-state index is 0.0838. The molecule has 0 bridgehead atoms. The van der Waals surface area contributed by atoms with E-state index in [1.807, 2.05) is 24.3 Å². The summed E-state index contributed by atoms with van der Waals surface area (Å²) < 4.78 is 16.5. The van der Waals surface area contributed by atoms with Crippen molar-refractivity contribution in [3.63, 3.8) is 0 Å². The smallest absolute Gasteiger partial charge is 0.257 e. The maximum atomic E-state index is 12.8. The molecule has 0 radical (unpaired) electrons. The van der Waals surface area contributed by atoms with E-state index in [2.05, 4.69) is 10.2 Å². The maximum Gasteiger partial charge on any atom is 0.257 e. The highest BCUT2D eigenvalue weighted by atomic mass is 16.5. The molecule has 7 nitrogen and oxygen atoms in total. The van der Waals surface area contributed by atoms with Crippen molar-refractivity contribution in [3.8, 4) is 0 Å². The van der Waals surface area contributed by atoms with Crippen molar-refractivity contribution in [3.05, 3.63) is 47.9 Å². The van der Waals surface area contributed by atoms with Crippen molar-refractivity contribution in [1.29, 1.82) is 0 Å². The number of rotatable bonds is 2. The molecule has 7 heteroatoms. The number of nitrogens with zero attached hydrogens (tertiary/aromatic N) is 3. The monoisotopic (exact) mass is 313 g/mol. The number of furan rings is 1. The highest BCUT2D eigenvalue weighted by Crippen LogP contribution is 2.26. The SMILES string of the molecule is Cc1nnc([C@H]2CN(C(=O)c3coc4ccccc34)CCO2)o1. The molecule has 3 aromatic rings. The third kappa shape index (κ3) is 2.49. The van der Waals surface area contributed by atoms with E-state index in [9.17, 15) is 4.79 Å². The van der Waals surface area contributed by atoms with Gasteiger partial charge in [0, 0.05) is 18.9 Å². The molecule has 0 N–H and O–H groups in total. The summed E-state index contributed by atoms with van der Waals surface area (Å²) in [5, 5.41) is 8.60. The van der Waals surface area contributed by atoms with Gasteiger partial charge in [-0.25, -0.2) is 0 Å². The number of aryl methyl sites for hydroxylation is 1. The Labute approximate surface area is 131 Å². The zero-order valence-electron chi connectivity index (χ0n) is 12.6. The molecule has 0 saturated carbocycles. The molecule has 23 heavy (non-hydrogen) atoms. The fraction of sp³-hybridized carbons (Fsp3) is 0.312. The van der Waals surface area contributed by atoms with Gasteiger partial charge in [0.05, 0.1) is 18.7 Å². The van der Waals surface area contributed by atoms with Crippen LogP contribution in [0.4, 0.5) is 0 Å². The molecule has 0 unspecified atom stereocenters. The van der Waals surface area contributed by atoms with Crippen LogP contribution in [-0.2, 0) is 4.74 Å². The summed E-state index contributed by atoms with van der Waals surface area (Å²) in [6, 6.07) is 7.49. The van der Waals surface area contributed by atoms with Crippen molar-refractivity contribution in [1.82, 2.24) is 15.1 Å². The van der Waals surface area contributed by atoms with Crippen LogP contribution in [0.25, 0.3) is 11.0 Å². The second-order valence-corrected chi connectivity index (χ2v) is 5.42. The topological polar surface area (TPSA) is 81.6 Å². The number of morpholine rings is 1. The number of ether oxygens (including phenoxy) is 1. The molecule has 1 aromatic carbocycles. The summed E-state index contributed by atoms with van der Waals surface area (Å²) in [5.41, 5.74) is 1.26. The molecule has 118 valence electrons. The first kappa shape index (κ1) is 14.0. The van der Waals surface area contributed by atoms with Gasteiger partial charge in [-0.05, 0) is 6.07 Å². The van der Waals surface area contributed by atoms with Gasteiger partial charge in [-0.1, -0.05) is 18.2 Å². The molecule has 1 aliphatic rings. The lowest BCUT2D eigenvalue weighted by Gasteiger charge is -2.31. The Morgan fingerprint density at radius 1 is 1.30 bits per heavy atom. The van der Waals surface area contributed by atoms with Gasteiger partial charge in [0.1, 0.15) is 11.8 Å². The molecule has 1 saturated heterocycles. The Morgan fingerprint density at radius 2 is 2.17 bits per heavy atom. The van der Waals surface area contributed by atoms with Crippen molar-refractivity contribution < 1.29 is 18.4 Å². The van der Waals surface area contributed by atoms with E-state index in [-0.39, 0.29) is 5.91 Å². The summed E-state index contributed by atoms with van der Waals surface area (Å²) in [5.74, 6) is 0.796. The molecule has 2 aromatic heterocycles. The number of para-hydroxylation sites is 1. The summed E-state index contributed by atoms with van der Waals surface area (Å²) in [6.07, 6.45) is 1.11. The van der Waals surface area contributed by atoms with Gasteiger partial charge in [0.15, 0.2) is 6.10 Å². The van der Waals surface area contributed by atoms with E-state index in [1.54, 1.807) is 11.8 Å². The van der Waals surface area contributed by atoms with Crippen LogP contribution in [0, 0.1) is 6.92 Å². The van der Waals surface area contributed by atoms with Gasteiger partial charge >= 0.3 is 0 Å². The van der Waals surface area contributed by atoms with Crippen molar-refractivity contribution in [2.24, 2.45) is 0 Å². The lowest BCUT2D eigenvalue weighted by molar-refractivity contribution is -0.0349. The highest BCUT2D eigenvalue weighted by molar-refractivity contribution is 6.05. The van der Waals surface area contributed by atoms with Crippen LogP contribution >= 0.6 is 0 Å². The number of benzene rings is 1. The first-order valence-electron chi connectivity index (χ1n) is 7.39. The van der Waals surface area contributed by atoms with E-state index < -0.39 is 6.10 Å². The van der Waals surface area contributed by atoms with Crippen molar-refractivity contribution in [2.75, 3.05) is 19.7 Å². The Balaban J connectivity index is 1.58. The lowest BCUT2D eigenvalue weighted by atomic mass is 10.1. The molecule has 0 spiro atoms. The minimum atomic E-state index is -0.396. The maximum absolute atomic E-state index is 12.8. The predicted octanol–water partition coefficient (Wildman–Crippen LogP) is 2.34. The number of aromatic nitrogens is 2. The summed E-state index contributed by atoms with van der Waals surface area (Å²) in [6.45, 7) is 3.04. The van der Waals surface area contributed by atoms with E-state index in [0.29, 0.717) is 42.6 Å². The van der Waals surface area contributed by atoms with Crippen LogP contribution in [0.2, 0.25) is 0 Å². The Hall–Kier alpha value is -2.67. The van der Waals surface area contributed by atoms with Crippen molar-refractivity contribution >= 4 is 16.9 Å². The van der Waals surface area contributed by atoms with Gasteiger partial charge in [0.25, 0.3) is 5.91 Å². The average molecular weight is 313 g/mol. The van der Waals surface area contributed by atoms with E-state index in [1.165, 1.54) is 6.26 Å². The van der Waals surface area contributed by atoms with Gasteiger partial charge < -0.3 is 18.5 Å². The van der Waals surface area contributed by atoms with Crippen LogP contribution in [0.3, 0.4) is 0 Å². The normalized spacial score (nSPS) is 18.5. The zero-order valence-corrected chi connectivity index (χ0v) is 12.6. The van der Waals surface area contributed by atoms with Crippen LogP contribution in [-0.4, -0.2) is 40.7 Å². The first-order valence-corrected chi connectivity index (χ1v) is 7.39. The fourth-order valence-electron chi connectivity index (χ4n) is 2.74. The molecule has 1 fully saturated rings. The molecule has 1 atom stereocenters. The molecule has 1 aliphatic heterocycles. The van der Waals surface area contributed by atoms with Crippen LogP contribution in [0.1, 0.15) is 28.2 Å². The number of fused-ring (bicyclic) bond motifs is 1. The van der Waals surface area contributed by atoms with Gasteiger partial charge in [-0.2, -0.15) is 0 Å². The zero-order chi connectivity index (χ0) is 15.8.